The van der Waals surface area contributed by atoms with E-state index in [1.54, 1.807) is 0 Å². The van der Waals surface area contributed by atoms with Gasteiger partial charge in [0.1, 0.15) is 13.2 Å². The molecule has 1 heterocycles. The summed E-state index contributed by atoms with van der Waals surface area (Å²) in [6, 6.07) is 9.95. The van der Waals surface area contributed by atoms with Crippen molar-refractivity contribution in [2.75, 3.05) is 19.8 Å². The van der Waals surface area contributed by atoms with E-state index in [-0.39, 0.29) is 5.41 Å². The summed E-state index contributed by atoms with van der Waals surface area (Å²) >= 11 is 0. The molecule has 1 aliphatic heterocycles. The van der Waals surface area contributed by atoms with Gasteiger partial charge in [0.2, 0.25) is 0 Å². The van der Waals surface area contributed by atoms with Crippen LogP contribution in [0.1, 0.15) is 12.5 Å². The zero-order valence-electron chi connectivity index (χ0n) is 9.85. The van der Waals surface area contributed by atoms with Crippen LogP contribution in [0.15, 0.2) is 30.3 Å². The number of ether oxygens (including phenoxy) is 3. The van der Waals surface area contributed by atoms with Gasteiger partial charge in [-0.15, -0.1) is 0 Å². The second-order valence-electron chi connectivity index (χ2n) is 4.62. The number of cyclic esters (lactones) is 2. The van der Waals surface area contributed by atoms with Crippen molar-refractivity contribution in [2.24, 2.45) is 5.41 Å². The van der Waals surface area contributed by atoms with Crippen LogP contribution in [-0.2, 0) is 20.8 Å². The summed E-state index contributed by atoms with van der Waals surface area (Å²) in [5.74, 6) is 0. The average molecular weight is 236 g/mol. The van der Waals surface area contributed by atoms with Gasteiger partial charge in [-0.05, 0) is 5.56 Å². The Hall–Kier alpha value is -1.55. The van der Waals surface area contributed by atoms with Gasteiger partial charge in [0.15, 0.2) is 0 Å². The van der Waals surface area contributed by atoms with Gasteiger partial charge in [0, 0.05) is 0 Å². The first-order valence-electron chi connectivity index (χ1n) is 5.59. The van der Waals surface area contributed by atoms with Crippen LogP contribution in [0, 0.1) is 5.41 Å². The van der Waals surface area contributed by atoms with E-state index in [2.05, 4.69) is 0 Å². The number of hydrogen-bond acceptors (Lipinski definition) is 4. The number of benzene rings is 1. The van der Waals surface area contributed by atoms with Gasteiger partial charge in [-0.25, -0.2) is 4.79 Å². The van der Waals surface area contributed by atoms with Crippen molar-refractivity contribution in [1.82, 2.24) is 0 Å². The van der Waals surface area contributed by atoms with Crippen molar-refractivity contribution < 1.29 is 19.0 Å². The molecule has 0 bridgehead atoms. The third-order valence-electron chi connectivity index (χ3n) is 2.64. The minimum atomic E-state index is -0.592. The fourth-order valence-electron chi connectivity index (χ4n) is 1.62. The molecule has 1 aliphatic rings. The summed E-state index contributed by atoms with van der Waals surface area (Å²) in [5, 5.41) is 0. The molecule has 1 saturated heterocycles. The quantitative estimate of drug-likeness (QED) is 0.753. The Kier molecular flexibility index (Phi) is 3.64. The van der Waals surface area contributed by atoms with Crippen LogP contribution in [0.3, 0.4) is 0 Å². The van der Waals surface area contributed by atoms with Crippen molar-refractivity contribution in [2.45, 2.75) is 13.5 Å². The monoisotopic (exact) mass is 236 g/mol. The van der Waals surface area contributed by atoms with Crippen molar-refractivity contribution in [1.29, 1.82) is 0 Å². The second kappa shape index (κ2) is 5.19. The van der Waals surface area contributed by atoms with Crippen molar-refractivity contribution >= 4 is 6.16 Å². The predicted octanol–water partition coefficient (Wildman–Crippen LogP) is 2.38. The largest absolute Gasteiger partial charge is 0.508 e. The van der Waals surface area contributed by atoms with Gasteiger partial charge < -0.3 is 14.2 Å². The fourth-order valence-corrected chi connectivity index (χ4v) is 1.62. The standard InChI is InChI=1S/C13H16O4/c1-13(9-16-12(14)17-10-13)8-15-7-11-5-3-2-4-6-11/h2-6H,7-10H2,1H3. The molecule has 0 spiro atoms. The summed E-state index contributed by atoms with van der Waals surface area (Å²) in [6.45, 7) is 3.74. The molecule has 92 valence electrons. The molecule has 0 atom stereocenters. The van der Waals surface area contributed by atoms with Crippen LogP contribution in [-0.4, -0.2) is 26.0 Å². The molecule has 4 nitrogen and oxygen atoms in total. The van der Waals surface area contributed by atoms with Crippen molar-refractivity contribution in [3.8, 4) is 0 Å². The van der Waals surface area contributed by atoms with Gasteiger partial charge in [0.05, 0.1) is 18.6 Å². The zero-order valence-corrected chi connectivity index (χ0v) is 9.85. The van der Waals surface area contributed by atoms with E-state index >= 15 is 0 Å². The molecule has 0 aliphatic carbocycles. The van der Waals surface area contributed by atoms with E-state index in [1.165, 1.54) is 0 Å². The van der Waals surface area contributed by atoms with Crippen LogP contribution < -0.4 is 0 Å². The lowest BCUT2D eigenvalue weighted by molar-refractivity contribution is -0.0876. The number of carbonyl (C=O) groups is 1. The van der Waals surface area contributed by atoms with E-state index in [4.69, 9.17) is 14.2 Å². The highest BCUT2D eigenvalue weighted by Crippen LogP contribution is 2.23. The highest BCUT2D eigenvalue weighted by molar-refractivity contribution is 5.60. The maximum absolute atomic E-state index is 10.8. The third-order valence-corrected chi connectivity index (χ3v) is 2.64. The zero-order chi connectivity index (χ0) is 12.1. The van der Waals surface area contributed by atoms with E-state index in [9.17, 15) is 4.79 Å². The molecule has 2 rings (SSSR count). The molecule has 0 amide bonds. The minimum Gasteiger partial charge on any atom is -0.433 e. The first kappa shape index (κ1) is 11.9. The topological polar surface area (TPSA) is 44.8 Å². The number of rotatable bonds is 4. The Labute approximate surface area is 100 Å². The third kappa shape index (κ3) is 3.46. The normalized spacial score (nSPS) is 18.3. The summed E-state index contributed by atoms with van der Waals surface area (Å²) in [7, 11) is 0. The molecule has 0 N–H and O–H groups in total. The lowest BCUT2D eigenvalue weighted by Gasteiger charge is -2.31. The Morgan fingerprint density at radius 2 is 1.88 bits per heavy atom. The van der Waals surface area contributed by atoms with E-state index in [1.807, 2.05) is 37.3 Å². The van der Waals surface area contributed by atoms with Gasteiger partial charge in [-0.2, -0.15) is 0 Å². The highest BCUT2D eigenvalue weighted by atomic mass is 16.7. The molecule has 0 unspecified atom stereocenters. The van der Waals surface area contributed by atoms with Crippen molar-refractivity contribution in [3.05, 3.63) is 35.9 Å². The number of carbonyl (C=O) groups excluding carboxylic acids is 1. The highest BCUT2D eigenvalue weighted by Gasteiger charge is 2.33. The average Bonchev–Trinajstić information content (AvgIpc) is 2.35. The molecule has 0 aromatic heterocycles. The molecule has 17 heavy (non-hydrogen) atoms. The fraction of sp³-hybridized carbons (Fsp3) is 0.462. The van der Waals surface area contributed by atoms with Crippen LogP contribution in [0.25, 0.3) is 0 Å². The smallest absolute Gasteiger partial charge is 0.433 e. The second-order valence-corrected chi connectivity index (χ2v) is 4.62. The van der Waals surface area contributed by atoms with E-state index < -0.39 is 6.16 Å². The maximum atomic E-state index is 10.8. The maximum Gasteiger partial charge on any atom is 0.508 e. The first-order chi connectivity index (χ1) is 8.18. The Morgan fingerprint density at radius 1 is 1.24 bits per heavy atom. The molecule has 1 aromatic rings. The van der Waals surface area contributed by atoms with Gasteiger partial charge >= 0.3 is 6.16 Å². The minimum absolute atomic E-state index is 0.247. The Bertz CT molecular complexity index is 364. The van der Waals surface area contributed by atoms with Gasteiger partial charge in [-0.1, -0.05) is 37.3 Å². The predicted molar refractivity (Wildman–Crippen MR) is 61.5 cm³/mol. The van der Waals surface area contributed by atoms with Crippen LogP contribution in [0.2, 0.25) is 0 Å². The lowest BCUT2D eigenvalue weighted by Crippen LogP contribution is -2.40. The molecule has 1 fully saturated rings. The van der Waals surface area contributed by atoms with E-state index in [0.29, 0.717) is 26.4 Å². The summed E-state index contributed by atoms with van der Waals surface area (Å²) in [4.78, 5) is 10.8. The Morgan fingerprint density at radius 3 is 2.53 bits per heavy atom. The molecular weight excluding hydrogens is 220 g/mol. The molecule has 4 heteroatoms. The van der Waals surface area contributed by atoms with Gasteiger partial charge in [0.25, 0.3) is 0 Å². The van der Waals surface area contributed by atoms with Crippen LogP contribution in [0.4, 0.5) is 4.79 Å². The summed E-state index contributed by atoms with van der Waals surface area (Å²) < 4.78 is 15.3. The summed E-state index contributed by atoms with van der Waals surface area (Å²) in [6.07, 6.45) is -0.592. The SMILES string of the molecule is CC1(COCc2ccccc2)COC(=O)OC1. The molecule has 0 radical (unpaired) electrons. The molecule has 1 aromatic carbocycles. The first-order valence-corrected chi connectivity index (χ1v) is 5.59. The van der Waals surface area contributed by atoms with Crippen LogP contribution in [0.5, 0.6) is 0 Å². The molecular formula is C13H16O4. The molecule has 0 saturated carbocycles. The van der Waals surface area contributed by atoms with E-state index in [0.717, 1.165) is 5.56 Å². The van der Waals surface area contributed by atoms with Gasteiger partial charge in [-0.3, -0.25) is 0 Å². The summed E-state index contributed by atoms with van der Waals surface area (Å²) in [5.41, 5.74) is 0.882. The Balaban J connectivity index is 1.76. The van der Waals surface area contributed by atoms with Crippen molar-refractivity contribution in [3.63, 3.8) is 0 Å². The number of hydrogen-bond donors (Lipinski definition) is 0. The van der Waals surface area contributed by atoms with Crippen LogP contribution >= 0.6 is 0 Å². The lowest BCUT2D eigenvalue weighted by atomic mass is 9.94.